The van der Waals surface area contributed by atoms with Gasteiger partial charge in [-0.1, -0.05) is 53.5 Å². The Labute approximate surface area is 175 Å². The number of nitrogens with two attached hydrogens (primary N) is 1. The molecule has 3 atom stereocenters. The van der Waals surface area contributed by atoms with Crippen LogP contribution in [-0.4, -0.2) is 9.30 Å². The summed E-state index contributed by atoms with van der Waals surface area (Å²) in [6.45, 7) is 9.59. The minimum absolute atomic E-state index is 0.235. The molecule has 0 amide bonds. The summed E-state index contributed by atoms with van der Waals surface area (Å²) in [7, 11) is 0. The van der Waals surface area contributed by atoms with Crippen molar-refractivity contribution in [2.24, 2.45) is 5.73 Å². The first-order valence-corrected chi connectivity index (χ1v) is 10.6. The van der Waals surface area contributed by atoms with E-state index in [1.54, 1.807) is 12.1 Å². The number of allylic oxidation sites excluding steroid dienone is 1. The molecule has 0 bridgehead atoms. The van der Waals surface area contributed by atoms with Gasteiger partial charge in [-0.2, -0.15) is 0 Å². The second-order valence-corrected chi connectivity index (χ2v) is 10.3. The van der Waals surface area contributed by atoms with Gasteiger partial charge in [0.05, 0.1) is 0 Å². The highest BCUT2D eigenvalue weighted by Gasteiger charge is 2.43. The third kappa shape index (κ3) is 5.50. The fraction of sp³-hybridized carbons (Fsp3) is 0.333. The molecular weight excluding hydrogens is 399 g/mol. The van der Waals surface area contributed by atoms with Crippen LogP contribution in [0.5, 0.6) is 0 Å². The number of rotatable bonds is 7. The minimum Gasteiger partial charge on any atom is -0.598 e. The molecule has 2 aromatic carbocycles. The monoisotopic (exact) mass is 424 g/mol. The molecule has 0 saturated heterocycles. The fourth-order valence-corrected chi connectivity index (χ4v) is 4.04. The first-order valence-electron chi connectivity index (χ1n) is 8.69. The molecule has 0 spiro atoms. The van der Waals surface area contributed by atoms with E-state index >= 15 is 0 Å². The maximum Gasteiger partial charge on any atom is 0.143 e. The van der Waals surface area contributed by atoms with E-state index in [-0.39, 0.29) is 5.92 Å². The number of hydrogen-bond donors (Lipinski definition) is 2. The molecule has 2 aromatic rings. The summed E-state index contributed by atoms with van der Waals surface area (Å²) in [4.78, 5) is 0. The van der Waals surface area contributed by atoms with Gasteiger partial charge in [0.1, 0.15) is 10.4 Å². The second-order valence-electron chi connectivity index (χ2n) is 7.49. The maximum absolute atomic E-state index is 13.0. The van der Waals surface area contributed by atoms with E-state index in [1.807, 2.05) is 63.2 Å². The van der Waals surface area contributed by atoms with Crippen LogP contribution in [0.1, 0.15) is 44.2 Å². The van der Waals surface area contributed by atoms with Crippen LogP contribution < -0.4 is 10.5 Å². The standard InChI is InChI=1S/C21H26Cl2N2OS/c1-5-7-19(15-8-6-9-18(23)14-15)21(24,25-27(26)20(2,3)4)16-10-12-17(22)13-11-16/h5-6,8-14,19,25H,1,7,24H2,2-4H3/t19-,21?,27?/m1/s1. The lowest BCUT2D eigenvalue weighted by molar-refractivity contribution is 0.324. The number of nitrogens with one attached hydrogen (secondary N) is 1. The van der Waals surface area contributed by atoms with Gasteiger partial charge in [-0.25, -0.2) is 0 Å². The Morgan fingerprint density at radius 2 is 1.78 bits per heavy atom. The molecule has 6 heteroatoms. The summed E-state index contributed by atoms with van der Waals surface area (Å²) in [5.41, 5.74) is 7.56. The van der Waals surface area contributed by atoms with Crippen molar-refractivity contribution in [1.82, 2.24) is 4.72 Å². The van der Waals surface area contributed by atoms with Crippen LogP contribution in [0, 0.1) is 0 Å². The van der Waals surface area contributed by atoms with E-state index in [9.17, 15) is 4.55 Å². The van der Waals surface area contributed by atoms with Crippen molar-refractivity contribution in [3.8, 4) is 0 Å². The molecule has 2 rings (SSSR count). The normalized spacial score (nSPS) is 16.4. The molecule has 0 aliphatic rings. The summed E-state index contributed by atoms with van der Waals surface area (Å²) in [6.07, 6.45) is 2.39. The molecule has 0 aromatic heterocycles. The van der Waals surface area contributed by atoms with Gasteiger partial charge >= 0.3 is 0 Å². The van der Waals surface area contributed by atoms with Gasteiger partial charge in [-0.05, 0) is 62.6 Å². The van der Waals surface area contributed by atoms with E-state index in [4.69, 9.17) is 28.9 Å². The molecule has 0 aliphatic heterocycles. The molecule has 2 unspecified atom stereocenters. The average molecular weight is 425 g/mol. The Bertz CT molecular complexity index is 776. The second kappa shape index (κ2) is 8.99. The number of hydrogen-bond acceptors (Lipinski definition) is 3. The third-order valence-corrected chi connectivity index (χ3v) is 6.47. The molecule has 0 saturated carbocycles. The van der Waals surface area contributed by atoms with Crippen LogP contribution in [0.15, 0.2) is 61.2 Å². The lowest BCUT2D eigenvalue weighted by Gasteiger charge is -2.40. The third-order valence-electron chi connectivity index (χ3n) is 4.34. The van der Waals surface area contributed by atoms with Gasteiger partial charge in [0.15, 0.2) is 0 Å². The summed E-state index contributed by atoms with van der Waals surface area (Å²) in [6, 6.07) is 14.8. The molecular formula is C21H26Cl2N2OS. The zero-order chi connectivity index (χ0) is 20.2. The predicted molar refractivity (Wildman–Crippen MR) is 117 cm³/mol. The molecule has 0 heterocycles. The van der Waals surface area contributed by atoms with E-state index < -0.39 is 21.8 Å². The highest BCUT2D eigenvalue weighted by molar-refractivity contribution is 7.90. The van der Waals surface area contributed by atoms with Crippen LogP contribution in [0.2, 0.25) is 10.0 Å². The Morgan fingerprint density at radius 1 is 1.15 bits per heavy atom. The van der Waals surface area contributed by atoms with Crippen LogP contribution in [0.3, 0.4) is 0 Å². The van der Waals surface area contributed by atoms with Gasteiger partial charge in [-0.15, -0.1) is 11.3 Å². The van der Waals surface area contributed by atoms with E-state index in [0.717, 1.165) is 11.1 Å². The number of benzene rings is 2. The van der Waals surface area contributed by atoms with Crippen LogP contribution in [0.25, 0.3) is 0 Å². The molecule has 0 aliphatic carbocycles. The number of halogens is 2. The van der Waals surface area contributed by atoms with Crippen molar-refractivity contribution in [3.05, 3.63) is 82.4 Å². The predicted octanol–water partition coefficient (Wildman–Crippen LogP) is 5.52. The van der Waals surface area contributed by atoms with Gasteiger partial charge in [0.25, 0.3) is 0 Å². The lowest BCUT2D eigenvalue weighted by atomic mass is 9.80. The molecule has 27 heavy (non-hydrogen) atoms. The largest absolute Gasteiger partial charge is 0.598 e. The highest BCUT2D eigenvalue weighted by Crippen LogP contribution is 2.38. The van der Waals surface area contributed by atoms with E-state index in [1.165, 1.54) is 0 Å². The van der Waals surface area contributed by atoms with Gasteiger partial charge < -0.3 is 10.3 Å². The summed E-state index contributed by atoms with van der Waals surface area (Å²) >= 11 is 10.9. The summed E-state index contributed by atoms with van der Waals surface area (Å²) in [5, 5.41) is 1.23. The molecule has 3 N–H and O–H groups in total. The molecule has 146 valence electrons. The van der Waals surface area contributed by atoms with Crippen LogP contribution in [-0.2, 0) is 17.0 Å². The van der Waals surface area contributed by atoms with Crippen molar-refractivity contribution < 1.29 is 4.55 Å². The lowest BCUT2D eigenvalue weighted by Crippen LogP contribution is -2.59. The topological polar surface area (TPSA) is 61.1 Å². The fourth-order valence-electron chi connectivity index (χ4n) is 2.84. The maximum atomic E-state index is 13.0. The van der Waals surface area contributed by atoms with Crippen molar-refractivity contribution in [2.75, 3.05) is 0 Å². The Morgan fingerprint density at radius 3 is 2.30 bits per heavy atom. The SMILES string of the molecule is C=CC[C@H](c1cccc(Cl)c1)C(N)(N[S+]([O-])C(C)(C)C)c1ccc(Cl)cc1. The van der Waals surface area contributed by atoms with Crippen molar-refractivity contribution >= 4 is 34.6 Å². The van der Waals surface area contributed by atoms with Crippen molar-refractivity contribution in [2.45, 2.75) is 43.5 Å². The summed E-state index contributed by atoms with van der Waals surface area (Å²) in [5.74, 6) is -0.235. The zero-order valence-corrected chi connectivity index (χ0v) is 18.2. The average Bonchev–Trinajstić information content (AvgIpc) is 2.59. The molecule has 0 fully saturated rings. The van der Waals surface area contributed by atoms with Crippen LogP contribution in [0.4, 0.5) is 0 Å². The minimum atomic E-state index is -1.39. The quantitative estimate of drug-likeness (QED) is 0.349. The Balaban J connectivity index is 2.60. The van der Waals surface area contributed by atoms with Crippen molar-refractivity contribution in [3.63, 3.8) is 0 Å². The molecule has 3 nitrogen and oxygen atoms in total. The highest BCUT2D eigenvalue weighted by atomic mass is 35.5. The zero-order valence-electron chi connectivity index (χ0n) is 15.8. The van der Waals surface area contributed by atoms with Crippen LogP contribution >= 0.6 is 23.2 Å². The Hall–Kier alpha value is -1.01. The van der Waals surface area contributed by atoms with E-state index in [2.05, 4.69) is 11.3 Å². The molecule has 0 radical (unpaired) electrons. The first kappa shape index (κ1) is 22.3. The van der Waals surface area contributed by atoms with E-state index in [0.29, 0.717) is 16.5 Å². The van der Waals surface area contributed by atoms with Gasteiger partial charge in [0, 0.05) is 27.3 Å². The Kier molecular flexibility index (Phi) is 7.42. The smallest absolute Gasteiger partial charge is 0.143 e. The van der Waals surface area contributed by atoms with Crippen molar-refractivity contribution in [1.29, 1.82) is 0 Å². The first-order chi connectivity index (χ1) is 12.6. The summed E-state index contributed by atoms with van der Waals surface area (Å²) < 4.78 is 15.7. The van der Waals surface area contributed by atoms with Gasteiger partial charge in [-0.3, -0.25) is 0 Å². The van der Waals surface area contributed by atoms with Gasteiger partial charge in [0.2, 0.25) is 0 Å².